The van der Waals surface area contributed by atoms with E-state index in [1.807, 2.05) is 11.8 Å². The van der Waals surface area contributed by atoms with Gasteiger partial charge in [-0.05, 0) is 18.6 Å². The number of halogens is 5. The maximum atomic E-state index is 14.5. The lowest BCUT2D eigenvalue weighted by Crippen LogP contribution is -2.45. The van der Waals surface area contributed by atoms with Gasteiger partial charge < -0.3 is 5.32 Å². The zero-order valence-electron chi connectivity index (χ0n) is 13.0. The van der Waals surface area contributed by atoms with Gasteiger partial charge in [0.25, 0.3) is 0 Å². The summed E-state index contributed by atoms with van der Waals surface area (Å²) in [6.45, 7) is 4.86. The molecule has 1 N–H and O–H groups in total. The molecule has 0 unspecified atom stereocenters. The Bertz CT molecular complexity index is 528. The van der Waals surface area contributed by atoms with E-state index in [9.17, 15) is 17.6 Å². The minimum atomic E-state index is -4.54. The van der Waals surface area contributed by atoms with E-state index in [0.717, 1.165) is 32.0 Å². The van der Waals surface area contributed by atoms with Crippen molar-refractivity contribution in [3.63, 3.8) is 0 Å². The zero-order valence-corrected chi connectivity index (χ0v) is 13.8. The molecule has 0 bridgehead atoms. The van der Waals surface area contributed by atoms with Crippen molar-refractivity contribution in [1.29, 1.82) is 0 Å². The van der Waals surface area contributed by atoms with Crippen molar-refractivity contribution in [1.82, 2.24) is 10.2 Å². The number of hydrogen-bond acceptors (Lipinski definition) is 2. The van der Waals surface area contributed by atoms with Crippen molar-refractivity contribution in [2.75, 3.05) is 26.2 Å². The number of nitrogens with one attached hydrogen (secondary N) is 1. The molecule has 7 heteroatoms. The molecule has 1 aromatic carbocycles. The predicted octanol–water partition coefficient (Wildman–Crippen LogP) is 4.63. The van der Waals surface area contributed by atoms with Crippen LogP contribution in [-0.4, -0.2) is 31.1 Å². The average molecular weight is 353 g/mol. The van der Waals surface area contributed by atoms with Gasteiger partial charge in [-0.15, -0.1) is 0 Å². The Balaban J connectivity index is 2.41. The molecule has 0 aliphatic carbocycles. The lowest BCUT2D eigenvalue weighted by molar-refractivity contribution is -0.137. The van der Waals surface area contributed by atoms with E-state index in [2.05, 4.69) is 5.32 Å². The van der Waals surface area contributed by atoms with Crippen LogP contribution in [0.5, 0.6) is 0 Å². The fourth-order valence-corrected chi connectivity index (χ4v) is 3.17. The second kappa shape index (κ2) is 7.81. The largest absolute Gasteiger partial charge is 0.416 e. The third kappa shape index (κ3) is 4.58. The molecule has 1 aromatic rings. The van der Waals surface area contributed by atoms with Gasteiger partial charge in [0.2, 0.25) is 0 Å². The van der Waals surface area contributed by atoms with Crippen molar-refractivity contribution >= 4 is 11.6 Å². The van der Waals surface area contributed by atoms with Crippen molar-refractivity contribution in [2.45, 2.75) is 38.4 Å². The molecule has 1 fully saturated rings. The van der Waals surface area contributed by atoms with Gasteiger partial charge in [-0.3, -0.25) is 4.90 Å². The first kappa shape index (κ1) is 18.5. The number of alkyl halides is 3. The van der Waals surface area contributed by atoms with Gasteiger partial charge in [-0.2, -0.15) is 13.2 Å². The average Bonchev–Trinajstić information content (AvgIpc) is 2.51. The Morgan fingerprint density at radius 3 is 2.48 bits per heavy atom. The van der Waals surface area contributed by atoms with Crippen LogP contribution in [0, 0.1) is 5.82 Å². The van der Waals surface area contributed by atoms with E-state index in [1.54, 1.807) is 0 Å². The second-order valence-corrected chi connectivity index (χ2v) is 6.21. The van der Waals surface area contributed by atoms with Crippen LogP contribution in [0.15, 0.2) is 12.1 Å². The van der Waals surface area contributed by atoms with Gasteiger partial charge in [0.15, 0.2) is 0 Å². The minimum Gasteiger partial charge on any atom is -0.314 e. The maximum Gasteiger partial charge on any atom is 0.416 e. The molecule has 1 saturated heterocycles. The predicted molar refractivity (Wildman–Crippen MR) is 83.1 cm³/mol. The maximum absolute atomic E-state index is 14.5. The summed E-state index contributed by atoms with van der Waals surface area (Å²) in [5.74, 6) is -0.737. The van der Waals surface area contributed by atoms with Crippen LogP contribution in [0.25, 0.3) is 0 Å². The quantitative estimate of drug-likeness (QED) is 0.777. The van der Waals surface area contributed by atoms with Crippen LogP contribution in [0.4, 0.5) is 17.6 Å². The molecule has 1 atom stereocenters. The molecule has 2 nitrogen and oxygen atoms in total. The molecule has 0 spiro atoms. The van der Waals surface area contributed by atoms with Crippen LogP contribution in [-0.2, 0) is 6.18 Å². The number of hydrogen-bond donors (Lipinski definition) is 1. The fraction of sp³-hybridized carbons (Fsp3) is 0.625. The molecule has 23 heavy (non-hydrogen) atoms. The molecule has 1 aliphatic heterocycles. The number of unbranched alkanes of at least 4 members (excludes halogenated alkanes) is 1. The first-order valence-electron chi connectivity index (χ1n) is 7.85. The van der Waals surface area contributed by atoms with Gasteiger partial charge in [0.1, 0.15) is 5.82 Å². The Labute approximate surface area is 138 Å². The standard InChI is InChI=1S/C16H21ClF4N2/c1-2-3-4-14(23-7-5-22-6-8-23)12-9-11(16(19,20)21)10-13(17)15(12)18/h9-10,14,22H,2-8H2,1H3/t14-/m0/s1. The molecular formula is C16H21ClF4N2. The summed E-state index contributed by atoms with van der Waals surface area (Å²) >= 11 is 5.74. The molecule has 0 radical (unpaired) electrons. The lowest BCUT2D eigenvalue weighted by atomic mass is 9.96. The van der Waals surface area contributed by atoms with Crippen LogP contribution >= 0.6 is 11.6 Å². The monoisotopic (exact) mass is 352 g/mol. The lowest BCUT2D eigenvalue weighted by Gasteiger charge is -2.35. The highest BCUT2D eigenvalue weighted by molar-refractivity contribution is 6.30. The van der Waals surface area contributed by atoms with Gasteiger partial charge in [-0.1, -0.05) is 31.4 Å². The van der Waals surface area contributed by atoms with E-state index in [-0.39, 0.29) is 11.6 Å². The van der Waals surface area contributed by atoms with Gasteiger partial charge in [-0.25, -0.2) is 4.39 Å². The second-order valence-electron chi connectivity index (χ2n) is 5.80. The summed E-state index contributed by atoms with van der Waals surface area (Å²) in [6, 6.07) is 1.20. The number of piperazine rings is 1. The van der Waals surface area contributed by atoms with Gasteiger partial charge >= 0.3 is 6.18 Å². The van der Waals surface area contributed by atoms with Crippen LogP contribution in [0.2, 0.25) is 5.02 Å². The van der Waals surface area contributed by atoms with E-state index in [1.165, 1.54) is 0 Å². The number of benzene rings is 1. The highest BCUT2D eigenvalue weighted by Crippen LogP contribution is 2.38. The Hall–Kier alpha value is -0.850. The summed E-state index contributed by atoms with van der Waals surface area (Å²) in [5, 5.41) is 2.73. The van der Waals surface area contributed by atoms with Crippen LogP contribution in [0.1, 0.15) is 43.4 Å². The molecule has 130 valence electrons. The van der Waals surface area contributed by atoms with Gasteiger partial charge in [0.05, 0.1) is 10.6 Å². The Morgan fingerprint density at radius 1 is 1.26 bits per heavy atom. The number of rotatable bonds is 5. The van der Waals surface area contributed by atoms with Crippen molar-refractivity contribution in [3.05, 3.63) is 34.1 Å². The van der Waals surface area contributed by atoms with Crippen molar-refractivity contribution in [3.8, 4) is 0 Å². The van der Waals surface area contributed by atoms with Gasteiger partial charge in [0, 0.05) is 37.8 Å². The molecule has 0 saturated carbocycles. The molecule has 1 heterocycles. The summed E-state index contributed by atoms with van der Waals surface area (Å²) in [6.07, 6.45) is -2.20. The molecule has 0 amide bonds. The van der Waals surface area contributed by atoms with E-state index in [0.29, 0.717) is 25.6 Å². The molecule has 0 aromatic heterocycles. The van der Waals surface area contributed by atoms with Crippen LogP contribution < -0.4 is 5.32 Å². The third-order valence-corrected chi connectivity index (χ3v) is 4.44. The first-order chi connectivity index (χ1) is 10.8. The van der Waals surface area contributed by atoms with E-state index >= 15 is 0 Å². The topological polar surface area (TPSA) is 15.3 Å². The van der Waals surface area contributed by atoms with Crippen molar-refractivity contribution < 1.29 is 17.6 Å². The third-order valence-electron chi connectivity index (χ3n) is 4.17. The SMILES string of the molecule is CCCC[C@@H](c1cc(C(F)(F)F)cc(Cl)c1F)N1CCNCC1. The first-order valence-corrected chi connectivity index (χ1v) is 8.23. The Kier molecular flexibility index (Phi) is 6.28. The van der Waals surface area contributed by atoms with E-state index < -0.39 is 22.6 Å². The zero-order chi connectivity index (χ0) is 17.0. The molecule has 1 aliphatic rings. The highest BCUT2D eigenvalue weighted by atomic mass is 35.5. The fourth-order valence-electron chi connectivity index (χ4n) is 2.94. The summed E-state index contributed by atoms with van der Waals surface area (Å²) in [5.41, 5.74) is -0.837. The minimum absolute atomic E-state index is 0.0557. The summed E-state index contributed by atoms with van der Waals surface area (Å²) in [4.78, 5) is 2.04. The number of nitrogens with zero attached hydrogens (tertiary/aromatic N) is 1. The van der Waals surface area contributed by atoms with Crippen molar-refractivity contribution in [2.24, 2.45) is 0 Å². The highest BCUT2D eigenvalue weighted by Gasteiger charge is 2.34. The smallest absolute Gasteiger partial charge is 0.314 e. The Morgan fingerprint density at radius 2 is 1.91 bits per heavy atom. The summed E-state index contributed by atoms with van der Waals surface area (Å²) < 4.78 is 53.6. The van der Waals surface area contributed by atoms with E-state index in [4.69, 9.17) is 11.6 Å². The summed E-state index contributed by atoms with van der Waals surface area (Å²) in [7, 11) is 0. The normalized spacial score (nSPS) is 18.2. The van der Waals surface area contributed by atoms with Crippen LogP contribution in [0.3, 0.4) is 0 Å². The molecule has 2 rings (SSSR count). The molecular weight excluding hydrogens is 332 g/mol.